The monoisotopic (exact) mass is 286 g/mol. The Hall–Kier alpha value is -2.69. The molecule has 2 aromatic rings. The third kappa shape index (κ3) is 3.45. The number of aryl methyl sites for hydroxylation is 1. The lowest BCUT2D eigenvalue weighted by atomic mass is 10.1. The molecule has 2 aromatic carbocycles. The number of hydrogen-bond acceptors (Lipinski definition) is 4. The molecular weight excluding hydrogens is 268 g/mol. The van der Waals surface area contributed by atoms with Crippen LogP contribution in [-0.2, 0) is 0 Å². The van der Waals surface area contributed by atoms with Crippen LogP contribution in [0, 0.1) is 6.92 Å². The Morgan fingerprint density at radius 2 is 1.67 bits per heavy atom. The van der Waals surface area contributed by atoms with E-state index >= 15 is 0 Å². The lowest BCUT2D eigenvalue weighted by Gasteiger charge is -2.10. The summed E-state index contributed by atoms with van der Waals surface area (Å²) in [6.45, 7) is 1.89. The standard InChI is InChI=1S/C16H18N2O3/c1-10-6-12(4-5-15(10)17)18-16(19)11-7-13(20-2)9-14(8-11)21-3/h4-9H,17H2,1-3H3,(H,18,19). The SMILES string of the molecule is COc1cc(OC)cc(C(=O)Nc2ccc(N)c(C)c2)c1. The Morgan fingerprint density at radius 3 is 2.19 bits per heavy atom. The predicted octanol–water partition coefficient (Wildman–Crippen LogP) is 2.85. The topological polar surface area (TPSA) is 73.6 Å². The van der Waals surface area contributed by atoms with Crippen LogP contribution in [0.4, 0.5) is 11.4 Å². The molecule has 21 heavy (non-hydrogen) atoms. The smallest absolute Gasteiger partial charge is 0.255 e. The highest BCUT2D eigenvalue weighted by atomic mass is 16.5. The van der Waals surface area contributed by atoms with E-state index in [1.807, 2.05) is 13.0 Å². The van der Waals surface area contributed by atoms with E-state index in [9.17, 15) is 4.79 Å². The van der Waals surface area contributed by atoms with Crippen LogP contribution in [0.5, 0.6) is 11.5 Å². The predicted molar refractivity (Wildman–Crippen MR) is 83.1 cm³/mol. The molecule has 0 aromatic heterocycles. The molecule has 0 aliphatic heterocycles. The van der Waals surface area contributed by atoms with E-state index < -0.39 is 0 Å². The normalized spacial score (nSPS) is 10.0. The Kier molecular flexibility index (Phi) is 4.33. The van der Waals surface area contributed by atoms with Crippen LogP contribution in [0.1, 0.15) is 15.9 Å². The molecule has 0 radical (unpaired) electrons. The number of methoxy groups -OCH3 is 2. The van der Waals surface area contributed by atoms with Gasteiger partial charge in [-0.1, -0.05) is 0 Å². The van der Waals surface area contributed by atoms with Gasteiger partial charge in [-0.2, -0.15) is 0 Å². The Balaban J connectivity index is 2.25. The van der Waals surface area contributed by atoms with Crippen molar-refractivity contribution in [2.75, 3.05) is 25.3 Å². The third-order valence-electron chi connectivity index (χ3n) is 3.14. The van der Waals surface area contributed by atoms with E-state index in [4.69, 9.17) is 15.2 Å². The zero-order valence-corrected chi connectivity index (χ0v) is 12.3. The summed E-state index contributed by atoms with van der Waals surface area (Å²) in [4.78, 5) is 12.3. The van der Waals surface area contributed by atoms with Crippen molar-refractivity contribution >= 4 is 17.3 Å². The molecule has 0 heterocycles. The maximum absolute atomic E-state index is 12.3. The van der Waals surface area contributed by atoms with Gasteiger partial charge in [-0.15, -0.1) is 0 Å². The van der Waals surface area contributed by atoms with Gasteiger partial charge in [0, 0.05) is 23.0 Å². The van der Waals surface area contributed by atoms with Crippen LogP contribution in [0.25, 0.3) is 0 Å². The maximum atomic E-state index is 12.3. The quantitative estimate of drug-likeness (QED) is 0.848. The number of hydrogen-bond donors (Lipinski definition) is 2. The van der Waals surface area contributed by atoms with E-state index in [0.29, 0.717) is 28.4 Å². The maximum Gasteiger partial charge on any atom is 0.255 e. The number of benzene rings is 2. The molecule has 1 amide bonds. The summed E-state index contributed by atoms with van der Waals surface area (Å²) < 4.78 is 10.3. The minimum Gasteiger partial charge on any atom is -0.497 e. The number of rotatable bonds is 4. The first-order valence-corrected chi connectivity index (χ1v) is 6.44. The highest BCUT2D eigenvalue weighted by molar-refractivity contribution is 6.04. The summed E-state index contributed by atoms with van der Waals surface area (Å²) in [6, 6.07) is 10.4. The van der Waals surface area contributed by atoms with Gasteiger partial charge in [0.1, 0.15) is 11.5 Å². The summed E-state index contributed by atoms with van der Waals surface area (Å²) in [5, 5.41) is 2.82. The molecule has 3 N–H and O–H groups in total. The first-order chi connectivity index (χ1) is 10.0. The summed E-state index contributed by atoms with van der Waals surface area (Å²) in [5.41, 5.74) is 8.51. The van der Waals surface area contributed by atoms with Crippen LogP contribution in [0.15, 0.2) is 36.4 Å². The van der Waals surface area contributed by atoms with Gasteiger partial charge in [-0.05, 0) is 42.8 Å². The molecule has 0 saturated heterocycles. The van der Waals surface area contributed by atoms with E-state index in [-0.39, 0.29) is 5.91 Å². The largest absolute Gasteiger partial charge is 0.497 e. The number of amides is 1. The zero-order chi connectivity index (χ0) is 15.4. The third-order valence-corrected chi connectivity index (χ3v) is 3.14. The first-order valence-electron chi connectivity index (χ1n) is 6.44. The van der Waals surface area contributed by atoms with Crippen molar-refractivity contribution in [3.8, 4) is 11.5 Å². The highest BCUT2D eigenvalue weighted by Gasteiger charge is 2.10. The molecule has 0 atom stereocenters. The van der Waals surface area contributed by atoms with Gasteiger partial charge in [-0.25, -0.2) is 0 Å². The van der Waals surface area contributed by atoms with Gasteiger partial charge in [0.05, 0.1) is 14.2 Å². The van der Waals surface area contributed by atoms with Crippen LogP contribution in [0.3, 0.4) is 0 Å². The Bertz CT molecular complexity index is 646. The fourth-order valence-corrected chi connectivity index (χ4v) is 1.90. The Labute approximate surface area is 123 Å². The van der Waals surface area contributed by atoms with Gasteiger partial charge in [-0.3, -0.25) is 4.79 Å². The van der Waals surface area contributed by atoms with E-state index in [1.54, 1.807) is 44.6 Å². The van der Waals surface area contributed by atoms with E-state index in [2.05, 4.69) is 5.32 Å². The second-order valence-electron chi connectivity index (χ2n) is 4.63. The number of nitrogens with one attached hydrogen (secondary N) is 1. The fraction of sp³-hybridized carbons (Fsp3) is 0.188. The molecule has 2 rings (SSSR count). The molecule has 5 nitrogen and oxygen atoms in total. The molecule has 0 aliphatic rings. The number of nitrogen functional groups attached to an aromatic ring is 1. The molecule has 0 bridgehead atoms. The van der Waals surface area contributed by atoms with E-state index in [1.165, 1.54) is 0 Å². The minimum atomic E-state index is -0.239. The molecular formula is C16H18N2O3. The summed E-state index contributed by atoms with van der Waals surface area (Å²) in [5.74, 6) is 0.886. The van der Waals surface area contributed by atoms with Crippen molar-refractivity contribution in [2.45, 2.75) is 6.92 Å². The zero-order valence-electron chi connectivity index (χ0n) is 12.3. The number of ether oxygens (including phenoxy) is 2. The molecule has 0 saturated carbocycles. The average molecular weight is 286 g/mol. The van der Waals surface area contributed by atoms with Gasteiger partial charge in [0.2, 0.25) is 0 Å². The van der Waals surface area contributed by atoms with Gasteiger partial charge < -0.3 is 20.5 Å². The minimum absolute atomic E-state index is 0.239. The van der Waals surface area contributed by atoms with Crippen molar-refractivity contribution in [2.24, 2.45) is 0 Å². The second-order valence-corrected chi connectivity index (χ2v) is 4.63. The highest BCUT2D eigenvalue weighted by Crippen LogP contribution is 2.24. The van der Waals surface area contributed by atoms with Crippen LogP contribution >= 0.6 is 0 Å². The van der Waals surface area contributed by atoms with Crippen molar-refractivity contribution in [1.29, 1.82) is 0 Å². The molecule has 0 spiro atoms. The van der Waals surface area contributed by atoms with Crippen molar-refractivity contribution in [1.82, 2.24) is 0 Å². The number of nitrogens with two attached hydrogens (primary N) is 1. The molecule has 0 aliphatic carbocycles. The van der Waals surface area contributed by atoms with Crippen LogP contribution in [-0.4, -0.2) is 20.1 Å². The lowest BCUT2D eigenvalue weighted by molar-refractivity contribution is 0.102. The first kappa shape index (κ1) is 14.7. The molecule has 5 heteroatoms. The molecule has 110 valence electrons. The summed E-state index contributed by atoms with van der Waals surface area (Å²) >= 11 is 0. The molecule has 0 fully saturated rings. The molecule has 0 unspecified atom stereocenters. The van der Waals surface area contributed by atoms with Gasteiger partial charge in [0.25, 0.3) is 5.91 Å². The Morgan fingerprint density at radius 1 is 1.05 bits per heavy atom. The number of carbonyl (C=O) groups is 1. The number of anilines is 2. The summed E-state index contributed by atoms with van der Waals surface area (Å²) in [6.07, 6.45) is 0. The van der Waals surface area contributed by atoms with Crippen molar-refractivity contribution < 1.29 is 14.3 Å². The summed E-state index contributed by atoms with van der Waals surface area (Å²) in [7, 11) is 3.08. The number of carbonyl (C=O) groups excluding carboxylic acids is 1. The second kappa shape index (κ2) is 6.17. The average Bonchev–Trinajstić information content (AvgIpc) is 2.50. The van der Waals surface area contributed by atoms with Gasteiger partial charge >= 0.3 is 0 Å². The van der Waals surface area contributed by atoms with Crippen LogP contribution < -0.4 is 20.5 Å². The van der Waals surface area contributed by atoms with Crippen molar-refractivity contribution in [3.05, 3.63) is 47.5 Å². The fourth-order valence-electron chi connectivity index (χ4n) is 1.90. The van der Waals surface area contributed by atoms with Gasteiger partial charge in [0.15, 0.2) is 0 Å². The van der Waals surface area contributed by atoms with Crippen LogP contribution in [0.2, 0.25) is 0 Å². The van der Waals surface area contributed by atoms with E-state index in [0.717, 1.165) is 5.56 Å². The van der Waals surface area contributed by atoms with Crippen molar-refractivity contribution in [3.63, 3.8) is 0 Å². The lowest BCUT2D eigenvalue weighted by Crippen LogP contribution is -2.12.